The van der Waals surface area contributed by atoms with Crippen LogP contribution in [0.5, 0.6) is 0 Å². The quantitative estimate of drug-likeness (QED) is 0.626. The van der Waals surface area contributed by atoms with Crippen molar-refractivity contribution in [1.29, 1.82) is 0 Å². The first-order chi connectivity index (χ1) is 9.22. The summed E-state index contributed by atoms with van der Waals surface area (Å²) in [5, 5.41) is 6.80. The average molecular weight is 256 g/mol. The molecule has 0 saturated heterocycles. The number of aromatic amines is 2. The number of hydrogen-bond acceptors (Lipinski definition) is 6. The van der Waals surface area contributed by atoms with Crippen molar-refractivity contribution in [1.82, 2.24) is 35.1 Å². The van der Waals surface area contributed by atoms with Gasteiger partial charge in [-0.1, -0.05) is 0 Å². The molecule has 0 atom stereocenters. The summed E-state index contributed by atoms with van der Waals surface area (Å²) in [6.45, 7) is 1.82. The molecular formula is C11H12N8. The van der Waals surface area contributed by atoms with Crippen LogP contribution in [0, 0.1) is 6.92 Å². The molecule has 8 nitrogen and oxygen atoms in total. The molecule has 0 fully saturated rings. The van der Waals surface area contributed by atoms with Crippen LogP contribution in [0.3, 0.4) is 0 Å². The maximum Gasteiger partial charge on any atom is 0.217 e. The maximum atomic E-state index is 5.88. The Bertz CT molecular complexity index is 684. The second kappa shape index (κ2) is 4.48. The van der Waals surface area contributed by atoms with E-state index in [0.29, 0.717) is 23.9 Å². The fraction of sp³-hybridized carbons (Fsp3) is 0.182. The predicted octanol–water partition coefficient (Wildman–Crippen LogP) is 0.466. The Balaban J connectivity index is 1.90. The summed E-state index contributed by atoms with van der Waals surface area (Å²) in [7, 11) is 0. The molecule has 0 saturated carbocycles. The summed E-state index contributed by atoms with van der Waals surface area (Å²) in [6.07, 6.45) is 5.55. The molecule has 0 radical (unpaired) electrons. The number of aryl methyl sites for hydroxylation is 1. The Labute approximate surface area is 108 Å². The van der Waals surface area contributed by atoms with Gasteiger partial charge in [-0.25, -0.2) is 19.9 Å². The topological polar surface area (TPSA) is 122 Å². The van der Waals surface area contributed by atoms with Crippen LogP contribution in [-0.2, 0) is 6.42 Å². The number of anilines is 1. The van der Waals surface area contributed by atoms with E-state index in [4.69, 9.17) is 5.73 Å². The normalized spacial score (nSPS) is 10.8. The standard InChI is InChI=1S/C11H12N8/c1-6-15-11(19-18-6)10-16-8(9(12)17-10)2-7-3-13-5-14-4-7/h3-5H,2,12H2,1H3,(H,16,17)(H,15,18,19). The van der Waals surface area contributed by atoms with Crippen molar-refractivity contribution in [2.24, 2.45) is 0 Å². The van der Waals surface area contributed by atoms with Gasteiger partial charge in [0.1, 0.15) is 18.0 Å². The smallest absolute Gasteiger partial charge is 0.217 e. The summed E-state index contributed by atoms with van der Waals surface area (Å²) in [6, 6.07) is 0. The van der Waals surface area contributed by atoms with Crippen molar-refractivity contribution in [3.05, 3.63) is 35.8 Å². The number of H-pyrrole nitrogens is 2. The van der Waals surface area contributed by atoms with Crippen molar-refractivity contribution in [3.8, 4) is 11.6 Å². The van der Waals surface area contributed by atoms with E-state index in [2.05, 4.69) is 35.1 Å². The Morgan fingerprint density at radius 3 is 2.68 bits per heavy atom. The lowest BCUT2D eigenvalue weighted by Gasteiger charge is -1.97. The summed E-state index contributed by atoms with van der Waals surface area (Å²) >= 11 is 0. The van der Waals surface area contributed by atoms with E-state index in [-0.39, 0.29) is 0 Å². The number of hydrogen-bond donors (Lipinski definition) is 3. The van der Waals surface area contributed by atoms with Gasteiger partial charge < -0.3 is 10.7 Å². The maximum absolute atomic E-state index is 5.88. The van der Waals surface area contributed by atoms with Crippen LogP contribution in [0.4, 0.5) is 5.82 Å². The van der Waals surface area contributed by atoms with Crippen LogP contribution in [0.25, 0.3) is 11.6 Å². The minimum absolute atomic E-state index is 0.432. The minimum atomic E-state index is 0.432. The Hall–Kier alpha value is -2.77. The molecule has 8 heteroatoms. The van der Waals surface area contributed by atoms with Gasteiger partial charge in [0.2, 0.25) is 5.82 Å². The molecule has 3 aromatic heterocycles. The predicted molar refractivity (Wildman–Crippen MR) is 68.0 cm³/mol. The van der Waals surface area contributed by atoms with Crippen LogP contribution < -0.4 is 5.73 Å². The highest BCUT2D eigenvalue weighted by molar-refractivity contribution is 5.51. The first-order valence-corrected chi connectivity index (χ1v) is 5.70. The first kappa shape index (κ1) is 11.3. The third-order valence-electron chi connectivity index (χ3n) is 2.61. The minimum Gasteiger partial charge on any atom is -0.382 e. The molecule has 0 aliphatic carbocycles. The van der Waals surface area contributed by atoms with Gasteiger partial charge in [-0.3, -0.25) is 5.10 Å². The lowest BCUT2D eigenvalue weighted by molar-refractivity contribution is 1.03. The molecule has 4 N–H and O–H groups in total. The Morgan fingerprint density at radius 2 is 2.00 bits per heavy atom. The molecule has 0 amide bonds. The van der Waals surface area contributed by atoms with Gasteiger partial charge in [0.05, 0.1) is 5.69 Å². The first-order valence-electron chi connectivity index (χ1n) is 5.70. The molecule has 3 rings (SSSR count). The van der Waals surface area contributed by atoms with E-state index < -0.39 is 0 Å². The monoisotopic (exact) mass is 256 g/mol. The molecule has 0 aromatic carbocycles. The summed E-state index contributed by atoms with van der Waals surface area (Å²) < 4.78 is 0. The van der Waals surface area contributed by atoms with E-state index >= 15 is 0 Å². The molecular weight excluding hydrogens is 244 g/mol. The largest absolute Gasteiger partial charge is 0.382 e. The molecule has 19 heavy (non-hydrogen) atoms. The number of nitrogen functional groups attached to an aromatic ring is 1. The fourth-order valence-corrected chi connectivity index (χ4v) is 1.74. The number of nitrogens with two attached hydrogens (primary N) is 1. The molecule has 3 heterocycles. The molecule has 0 spiro atoms. The van der Waals surface area contributed by atoms with E-state index in [0.717, 1.165) is 17.1 Å². The highest BCUT2D eigenvalue weighted by atomic mass is 15.2. The second-order valence-electron chi connectivity index (χ2n) is 4.12. The van der Waals surface area contributed by atoms with Crippen molar-refractivity contribution in [2.45, 2.75) is 13.3 Å². The Morgan fingerprint density at radius 1 is 1.21 bits per heavy atom. The number of rotatable bonds is 3. The molecule has 0 aliphatic rings. The third kappa shape index (κ3) is 2.28. The van der Waals surface area contributed by atoms with E-state index in [1.165, 1.54) is 6.33 Å². The molecule has 0 aliphatic heterocycles. The fourth-order valence-electron chi connectivity index (χ4n) is 1.74. The van der Waals surface area contributed by atoms with Gasteiger partial charge in [-0.05, 0) is 12.5 Å². The highest BCUT2D eigenvalue weighted by Gasteiger charge is 2.13. The van der Waals surface area contributed by atoms with Crippen LogP contribution in [-0.4, -0.2) is 35.1 Å². The number of aromatic nitrogens is 7. The summed E-state index contributed by atoms with van der Waals surface area (Å²) in [5.74, 6) is 2.21. The second-order valence-corrected chi connectivity index (χ2v) is 4.12. The SMILES string of the molecule is Cc1nc(-c2nc(N)c(Cc3cncnc3)[nH]2)n[nH]1. The zero-order valence-electron chi connectivity index (χ0n) is 10.3. The Kier molecular flexibility index (Phi) is 2.67. The van der Waals surface area contributed by atoms with E-state index in [9.17, 15) is 0 Å². The number of nitrogens with one attached hydrogen (secondary N) is 2. The number of nitrogens with zero attached hydrogens (tertiary/aromatic N) is 5. The van der Waals surface area contributed by atoms with Crippen LogP contribution in [0.1, 0.15) is 17.1 Å². The molecule has 0 unspecified atom stereocenters. The van der Waals surface area contributed by atoms with Crippen molar-refractivity contribution < 1.29 is 0 Å². The summed E-state index contributed by atoms with van der Waals surface area (Å²) in [5.41, 5.74) is 7.64. The van der Waals surface area contributed by atoms with Crippen molar-refractivity contribution in [3.63, 3.8) is 0 Å². The van der Waals surface area contributed by atoms with Gasteiger partial charge in [0, 0.05) is 18.8 Å². The van der Waals surface area contributed by atoms with E-state index in [1.807, 2.05) is 6.92 Å². The molecule has 3 aromatic rings. The lowest BCUT2D eigenvalue weighted by atomic mass is 10.2. The summed E-state index contributed by atoms with van der Waals surface area (Å²) in [4.78, 5) is 19.5. The molecule has 0 bridgehead atoms. The van der Waals surface area contributed by atoms with Crippen LogP contribution in [0.2, 0.25) is 0 Å². The van der Waals surface area contributed by atoms with E-state index in [1.54, 1.807) is 12.4 Å². The highest BCUT2D eigenvalue weighted by Crippen LogP contribution is 2.18. The van der Waals surface area contributed by atoms with Gasteiger partial charge in [-0.15, -0.1) is 0 Å². The van der Waals surface area contributed by atoms with Crippen molar-refractivity contribution in [2.75, 3.05) is 5.73 Å². The van der Waals surface area contributed by atoms with Crippen LogP contribution >= 0.6 is 0 Å². The number of imidazole rings is 1. The van der Waals surface area contributed by atoms with Gasteiger partial charge in [0.25, 0.3) is 0 Å². The van der Waals surface area contributed by atoms with Crippen molar-refractivity contribution >= 4 is 5.82 Å². The van der Waals surface area contributed by atoms with Gasteiger partial charge >= 0.3 is 0 Å². The zero-order chi connectivity index (χ0) is 13.2. The van der Waals surface area contributed by atoms with Crippen LogP contribution in [0.15, 0.2) is 18.7 Å². The lowest BCUT2D eigenvalue weighted by Crippen LogP contribution is -1.95. The third-order valence-corrected chi connectivity index (χ3v) is 2.61. The van der Waals surface area contributed by atoms with Gasteiger partial charge in [0.15, 0.2) is 5.82 Å². The zero-order valence-corrected chi connectivity index (χ0v) is 10.3. The molecule has 96 valence electrons. The van der Waals surface area contributed by atoms with Gasteiger partial charge in [-0.2, -0.15) is 5.10 Å². The average Bonchev–Trinajstić information content (AvgIpc) is 2.98.